The fourth-order valence-electron chi connectivity index (χ4n) is 3.72. The van der Waals surface area contributed by atoms with Crippen molar-refractivity contribution in [1.29, 1.82) is 0 Å². The molecule has 2 atom stereocenters. The Bertz CT molecular complexity index is 1300. The molecule has 0 saturated heterocycles. The predicted molar refractivity (Wildman–Crippen MR) is 149 cm³/mol. The number of carbonyl (C=O) groups excluding carboxylic acids is 2. The number of benzene rings is 3. The summed E-state index contributed by atoms with van der Waals surface area (Å²) in [4.78, 5) is 28.4. The molecular formula is C28H32BrN3O4S. The Balaban J connectivity index is 1.99. The maximum absolute atomic E-state index is 13.8. The second kappa shape index (κ2) is 12.9. The summed E-state index contributed by atoms with van der Waals surface area (Å²) in [5.41, 5.74) is 1.17. The average Bonchev–Trinajstić information content (AvgIpc) is 2.90. The van der Waals surface area contributed by atoms with Gasteiger partial charge < -0.3 is 10.2 Å². The third kappa shape index (κ3) is 7.42. The van der Waals surface area contributed by atoms with E-state index in [1.807, 2.05) is 38.1 Å². The summed E-state index contributed by atoms with van der Waals surface area (Å²) in [6.45, 7) is 5.20. The molecule has 3 aromatic rings. The van der Waals surface area contributed by atoms with Crippen LogP contribution in [0.1, 0.15) is 32.8 Å². The second-order valence-corrected chi connectivity index (χ2v) is 11.6. The van der Waals surface area contributed by atoms with Crippen molar-refractivity contribution in [3.05, 3.63) is 95.0 Å². The van der Waals surface area contributed by atoms with Crippen molar-refractivity contribution in [3.8, 4) is 0 Å². The molecule has 0 bridgehead atoms. The van der Waals surface area contributed by atoms with E-state index in [1.54, 1.807) is 55.5 Å². The van der Waals surface area contributed by atoms with Crippen LogP contribution in [0.4, 0.5) is 5.69 Å². The largest absolute Gasteiger partial charge is 0.352 e. The Morgan fingerprint density at radius 1 is 0.919 bits per heavy atom. The summed E-state index contributed by atoms with van der Waals surface area (Å²) in [6, 6.07) is 23.1. The zero-order valence-electron chi connectivity index (χ0n) is 21.2. The van der Waals surface area contributed by atoms with Crippen LogP contribution in [0.15, 0.2) is 94.3 Å². The molecule has 7 nitrogen and oxygen atoms in total. The molecule has 196 valence electrons. The van der Waals surface area contributed by atoms with Crippen molar-refractivity contribution in [2.45, 2.75) is 50.7 Å². The van der Waals surface area contributed by atoms with Gasteiger partial charge in [0.2, 0.25) is 11.8 Å². The summed E-state index contributed by atoms with van der Waals surface area (Å²) in [7, 11) is -4.05. The summed E-state index contributed by atoms with van der Waals surface area (Å²) >= 11 is 3.45. The van der Waals surface area contributed by atoms with Gasteiger partial charge in [0.05, 0.1) is 10.6 Å². The molecule has 0 spiro atoms. The maximum Gasteiger partial charge on any atom is 0.264 e. The van der Waals surface area contributed by atoms with E-state index in [9.17, 15) is 18.0 Å². The quantitative estimate of drug-likeness (QED) is 0.344. The first kappa shape index (κ1) is 28.4. The van der Waals surface area contributed by atoms with Crippen molar-refractivity contribution < 1.29 is 18.0 Å². The van der Waals surface area contributed by atoms with Crippen LogP contribution in [-0.4, -0.2) is 43.8 Å². The molecule has 0 fully saturated rings. The first-order valence-corrected chi connectivity index (χ1v) is 14.3. The predicted octanol–water partition coefficient (Wildman–Crippen LogP) is 4.98. The van der Waals surface area contributed by atoms with Crippen LogP contribution in [0, 0.1) is 0 Å². The van der Waals surface area contributed by atoms with Gasteiger partial charge in [-0.3, -0.25) is 13.9 Å². The van der Waals surface area contributed by atoms with Gasteiger partial charge in [0.25, 0.3) is 10.0 Å². The fourth-order valence-corrected chi connectivity index (χ4v) is 5.60. The van der Waals surface area contributed by atoms with Crippen molar-refractivity contribution in [2.75, 3.05) is 10.8 Å². The average molecular weight is 587 g/mol. The van der Waals surface area contributed by atoms with Crippen LogP contribution in [0.5, 0.6) is 0 Å². The lowest BCUT2D eigenvalue weighted by atomic mass is 10.1. The monoisotopic (exact) mass is 585 g/mol. The zero-order valence-corrected chi connectivity index (χ0v) is 23.6. The van der Waals surface area contributed by atoms with Crippen molar-refractivity contribution >= 4 is 43.5 Å². The lowest BCUT2D eigenvalue weighted by Gasteiger charge is -2.32. The van der Waals surface area contributed by atoms with Crippen molar-refractivity contribution in [1.82, 2.24) is 10.2 Å². The van der Waals surface area contributed by atoms with Gasteiger partial charge in [0, 0.05) is 17.1 Å². The normalized spacial score (nSPS) is 12.9. The Morgan fingerprint density at radius 3 is 2.14 bits per heavy atom. The summed E-state index contributed by atoms with van der Waals surface area (Å²) in [5.74, 6) is -0.787. The van der Waals surface area contributed by atoms with Crippen LogP contribution in [0.25, 0.3) is 0 Å². The van der Waals surface area contributed by atoms with E-state index >= 15 is 0 Å². The lowest BCUT2D eigenvalue weighted by molar-refractivity contribution is -0.139. The van der Waals surface area contributed by atoms with E-state index in [0.717, 1.165) is 20.8 Å². The molecule has 0 heterocycles. The molecule has 0 unspecified atom stereocenters. The highest BCUT2D eigenvalue weighted by Gasteiger charge is 2.32. The zero-order chi connectivity index (χ0) is 27.0. The number of nitrogens with one attached hydrogen (secondary N) is 1. The van der Waals surface area contributed by atoms with Gasteiger partial charge in [-0.1, -0.05) is 71.4 Å². The van der Waals surface area contributed by atoms with E-state index < -0.39 is 28.5 Å². The molecule has 0 aliphatic carbocycles. The first-order chi connectivity index (χ1) is 17.6. The number of hydrogen-bond donors (Lipinski definition) is 1. The molecule has 3 aromatic carbocycles. The Hall–Kier alpha value is -3.17. The molecule has 3 rings (SSSR count). The number of carbonyl (C=O) groups is 2. The highest BCUT2D eigenvalue weighted by Crippen LogP contribution is 2.24. The molecule has 0 aromatic heterocycles. The van der Waals surface area contributed by atoms with Gasteiger partial charge in [0.15, 0.2) is 0 Å². The number of anilines is 1. The minimum absolute atomic E-state index is 0.0583. The van der Waals surface area contributed by atoms with Gasteiger partial charge >= 0.3 is 0 Å². The molecule has 37 heavy (non-hydrogen) atoms. The van der Waals surface area contributed by atoms with Crippen LogP contribution < -0.4 is 9.62 Å². The molecular weight excluding hydrogens is 554 g/mol. The molecule has 2 amide bonds. The van der Waals surface area contributed by atoms with Crippen molar-refractivity contribution in [3.63, 3.8) is 0 Å². The Labute approximate surface area is 227 Å². The third-order valence-electron chi connectivity index (χ3n) is 6.06. The van der Waals surface area contributed by atoms with Crippen LogP contribution in [0.2, 0.25) is 0 Å². The van der Waals surface area contributed by atoms with Gasteiger partial charge in [0.1, 0.15) is 12.6 Å². The minimum Gasteiger partial charge on any atom is -0.352 e. The number of nitrogens with zero attached hydrogens (tertiary/aromatic N) is 2. The Morgan fingerprint density at radius 2 is 1.54 bits per heavy atom. The van der Waals surface area contributed by atoms with E-state index in [2.05, 4.69) is 21.2 Å². The van der Waals surface area contributed by atoms with E-state index in [0.29, 0.717) is 5.69 Å². The minimum atomic E-state index is -4.05. The van der Waals surface area contributed by atoms with Crippen LogP contribution in [-0.2, 0) is 26.2 Å². The smallest absolute Gasteiger partial charge is 0.264 e. The molecule has 0 saturated carbocycles. The SMILES string of the molecule is CC[C@@H](C)NC(=O)[C@H](C)N(Cc1cccc(Br)c1)C(=O)CN(c1ccccc1)S(=O)(=O)c1ccccc1. The van der Waals surface area contributed by atoms with E-state index in [-0.39, 0.29) is 23.4 Å². The van der Waals surface area contributed by atoms with Gasteiger partial charge in [-0.2, -0.15) is 0 Å². The van der Waals surface area contributed by atoms with Gasteiger partial charge in [-0.05, 0) is 62.2 Å². The van der Waals surface area contributed by atoms with Gasteiger partial charge in [-0.15, -0.1) is 0 Å². The van der Waals surface area contributed by atoms with Gasteiger partial charge in [-0.25, -0.2) is 8.42 Å². The highest BCUT2D eigenvalue weighted by atomic mass is 79.9. The van der Waals surface area contributed by atoms with E-state index in [4.69, 9.17) is 0 Å². The number of hydrogen-bond acceptors (Lipinski definition) is 4. The molecule has 0 radical (unpaired) electrons. The first-order valence-electron chi connectivity index (χ1n) is 12.1. The number of amides is 2. The van der Waals surface area contributed by atoms with Crippen LogP contribution >= 0.6 is 15.9 Å². The van der Waals surface area contributed by atoms with Crippen LogP contribution in [0.3, 0.4) is 0 Å². The Kier molecular flexibility index (Phi) is 9.88. The van der Waals surface area contributed by atoms with Crippen molar-refractivity contribution in [2.24, 2.45) is 0 Å². The number of halogens is 1. The standard InChI is InChI=1S/C28H32BrN3O4S/c1-4-21(2)30-28(34)22(3)31(19-23-12-11-13-24(29)18-23)27(33)20-32(25-14-7-5-8-15-25)37(35,36)26-16-9-6-10-17-26/h5-18,21-22H,4,19-20H2,1-3H3,(H,30,34)/t21-,22+/m1/s1. The van der Waals surface area contributed by atoms with E-state index in [1.165, 1.54) is 17.0 Å². The third-order valence-corrected chi connectivity index (χ3v) is 8.35. The highest BCUT2D eigenvalue weighted by molar-refractivity contribution is 9.10. The topological polar surface area (TPSA) is 86.8 Å². The summed E-state index contributed by atoms with van der Waals surface area (Å²) in [5, 5.41) is 2.93. The summed E-state index contributed by atoms with van der Waals surface area (Å²) < 4.78 is 29.2. The fraction of sp³-hybridized carbons (Fsp3) is 0.286. The summed E-state index contributed by atoms with van der Waals surface area (Å²) in [6.07, 6.45) is 0.745. The molecule has 1 N–H and O–H groups in total. The lowest BCUT2D eigenvalue weighted by Crippen LogP contribution is -2.52. The molecule has 0 aliphatic rings. The number of rotatable bonds is 11. The second-order valence-electron chi connectivity index (χ2n) is 8.81. The maximum atomic E-state index is 13.8. The number of para-hydroxylation sites is 1. The number of sulfonamides is 1. The molecule has 9 heteroatoms. The molecule has 0 aliphatic heterocycles.